The van der Waals surface area contributed by atoms with Gasteiger partial charge in [-0.3, -0.25) is 9.69 Å². The van der Waals surface area contributed by atoms with Gasteiger partial charge in [0.15, 0.2) is 5.65 Å². The first-order valence-corrected chi connectivity index (χ1v) is 11.6. The summed E-state index contributed by atoms with van der Waals surface area (Å²) in [6, 6.07) is 23.9. The number of benzene rings is 2. The maximum absolute atomic E-state index is 12.2. The van der Waals surface area contributed by atoms with Crippen molar-refractivity contribution in [1.82, 2.24) is 19.6 Å². The lowest BCUT2D eigenvalue weighted by atomic mass is 9.87. The van der Waals surface area contributed by atoms with Crippen molar-refractivity contribution in [2.24, 2.45) is 0 Å². The van der Waals surface area contributed by atoms with E-state index >= 15 is 0 Å². The van der Waals surface area contributed by atoms with E-state index in [0.717, 1.165) is 45.8 Å². The van der Waals surface area contributed by atoms with Crippen LogP contribution in [-0.4, -0.2) is 26.0 Å². The molecule has 0 N–H and O–H groups in total. The maximum atomic E-state index is 12.2. The molecule has 5 rings (SSSR count). The summed E-state index contributed by atoms with van der Waals surface area (Å²) in [7, 11) is 0. The fraction of sp³-hybridized carbons (Fsp3) is 0.172. The van der Waals surface area contributed by atoms with Gasteiger partial charge in [0.05, 0.1) is 11.4 Å². The summed E-state index contributed by atoms with van der Waals surface area (Å²) in [5.74, 6) is 0.530. The molecule has 6 nitrogen and oxygen atoms in total. The Hall–Kier alpha value is -4.32. The van der Waals surface area contributed by atoms with Gasteiger partial charge in [-0.1, -0.05) is 56.7 Å². The van der Waals surface area contributed by atoms with Crippen LogP contribution >= 0.6 is 0 Å². The molecule has 0 fully saturated rings. The molecule has 6 heteroatoms. The first-order valence-electron chi connectivity index (χ1n) is 11.6. The summed E-state index contributed by atoms with van der Waals surface area (Å²) in [6.45, 7) is 8.56. The molecule has 0 unspecified atom stereocenters. The van der Waals surface area contributed by atoms with Gasteiger partial charge in [-0.2, -0.15) is 5.10 Å². The molecule has 0 atom stereocenters. The molecule has 0 aliphatic carbocycles. The van der Waals surface area contributed by atoms with Crippen molar-refractivity contribution in [2.45, 2.75) is 33.1 Å². The van der Waals surface area contributed by atoms with Crippen molar-refractivity contribution < 1.29 is 4.79 Å². The van der Waals surface area contributed by atoms with Crippen LogP contribution in [0, 0.1) is 6.92 Å². The van der Waals surface area contributed by atoms with E-state index in [0.29, 0.717) is 5.82 Å². The second kappa shape index (κ2) is 8.80. The Morgan fingerprint density at radius 1 is 0.886 bits per heavy atom. The monoisotopic (exact) mass is 461 g/mol. The Labute approximate surface area is 204 Å². The number of nitrogens with zero attached hydrogens (tertiary/aromatic N) is 5. The van der Waals surface area contributed by atoms with Crippen LogP contribution in [0.3, 0.4) is 0 Å². The van der Waals surface area contributed by atoms with Crippen molar-refractivity contribution in [3.8, 4) is 22.5 Å². The molecule has 1 amide bonds. The SMILES string of the molecule is Cc1cccc(-c2nc3cccnn3c2-c2ccnc(N(C=O)c3ccc(C(C)(C)C)cc3)c2)c1. The highest BCUT2D eigenvalue weighted by molar-refractivity contribution is 5.88. The van der Waals surface area contributed by atoms with Gasteiger partial charge in [-0.15, -0.1) is 0 Å². The average Bonchev–Trinajstić information content (AvgIpc) is 3.24. The molecule has 2 aromatic carbocycles. The number of rotatable bonds is 5. The summed E-state index contributed by atoms with van der Waals surface area (Å²) < 4.78 is 1.83. The van der Waals surface area contributed by atoms with Crippen LogP contribution in [0.25, 0.3) is 28.2 Å². The molecule has 35 heavy (non-hydrogen) atoms. The third-order valence-electron chi connectivity index (χ3n) is 6.07. The highest BCUT2D eigenvalue weighted by Gasteiger charge is 2.20. The standard InChI is InChI=1S/C29H27N5O/c1-20-7-5-8-21(17-20)27-28(34-25(32-27)9-6-15-31-34)22-14-16-30-26(18-22)33(19-35)24-12-10-23(11-13-24)29(2,3)4/h5-19H,1-4H3. The fourth-order valence-electron chi connectivity index (χ4n) is 4.21. The van der Waals surface area contributed by atoms with E-state index in [1.54, 1.807) is 17.3 Å². The minimum Gasteiger partial charge on any atom is -0.278 e. The van der Waals surface area contributed by atoms with Crippen LogP contribution in [0.4, 0.5) is 11.5 Å². The number of pyridine rings is 1. The lowest BCUT2D eigenvalue weighted by Gasteiger charge is -2.21. The summed E-state index contributed by atoms with van der Waals surface area (Å²) >= 11 is 0. The first-order chi connectivity index (χ1) is 16.8. The zero-order chi connectivity index (χ0) is 24.6. The van der Waals surface area contributed by atoms with Gasteiger partial charge in [-0.05, 0) is 60.4 Å². The number of carbonyl (C=O) groups is 1. The molecule has 0 aliphatic heterocycles. The molecule has 174 valence electrons. The van der Waals surface area contributed by atoms with Crippen molar-refractivity contribution >= 4 is 23.6 Å². The van der Waals surface area contributed by atoms with Gasteiger partial charge >= 0.3 is 0 Å². The van der Waals surface area contributed by atoms with Crippen LogP contribution < -0.4 is 4.90 Å². The van der Waals surface area contributed by atoms with Gasteiger partial charge < -0.3 is 0 Å². The highest BCUT2D eigenvalue weighted by atomic mass is 16.1. The highest BCUT2D eigenvalue weighted by Crippen LogP contribution is 2.35. The van der Waals surface area contributed by atoms with Crippen LogP contribution in [0.1, 0.15) is 31.9 Å². The number of hydrogen-bond acceptors (Lipinski definition) is 4. The zero-order valence-corrected chi connectivity index (χ0v) is 20.3. The Kier molecular flexibility index (Phi) is 5.65. The van der Waals surface area contributed by atoms with Crippen molar-refractivity contribution in [2.75, 3.05) is 4.90 Å². The van der Waals surface area contributed by atoms with Gasteiger partial charge in [0, 0.05) is 23.5 Å². The zero-order valence-electron chi connectivity index (χ0n) is 20.3. The minimum atomic E-state index is 0.0327. The third kappa shape index (κ3) is 4.30. The van der Waals surface area contributed by atoms with Crippen molar-refractivity contribution in [3.63, 3.8) is 0 Å². The first kappa shape index (κ1) is 22.5. The molecule has 0 bridgehead atoms. The van der Waals surface area contributed by atoms with Gasteiger partial charge in [0.25, 0.3) is 0 Å². The topological polar surface area (TPSA) is 63.4 Å². The summed E-state index contributed by atoms with van der Waals surface area (Å²) in [5, 5.41) is 4.56. The lowest BCUT2D eigenvalue weighted by Crippen LogP contribution is -2.16. The predicted octanol–water partition coefficient (Wildman–Crippen LogP) is 6.36. The van der Waals surface area contributed by atoms with Gasteiger partial charge in [0.2, 0.25) is 6.41 Å². The quantitative estimate of drug-likeness (QED) is 0.286. The lowest BCUT2D eigenvalue weighted by molar-refractivity contribution is -0.106. The van der Waals surface area contributed by atoms with Crippen molar-refractivity contribution in [3.05, 3.63) is 96.3 Å². The van der Waals surface area contributed by atoms with E-state index in [9.17, 15) is 4.79 Å². The fourth-order valence-corrected chi connectivity index (χ4v) is 4.21. The van der Waals surface area contributed by atoms with E-state index in [1.807, 2.05) is 47.0 Å². The number of aromatic nitrogens is 4. The molecule has 0 aliphatic rings. The molecule has 3 heterocycles. The van der Waals surface area contributed by atoms with Crippen LogP contribution in [-0.2, 0) is 10.2 Å². The average molecular weight is 462 g/mol. The van der Waals surface area contributed by atoms with E-state index < -0.39 is 0 Å². The predicted molar refractivity (Wildman–Crippen MR) is 140 cm³/mol. The normalized spacial score (nSPS) is 11.5. The summed E-state index contributed by atoms with van der Waals surface area (Å²) in [5.41, 5.74) is 7.46. The maximum Gasteiger partial charge on any atom is 0.219 e. The molecule has 3 aromatic heterocycles. The second-order valence-electron chi connectivity index (χ2n) is 9.65. The van der Waals surface area contributed by atoms with Crippen LogP contribution in [0.2, 0.25) is 0 Å². The number of fused-ring (bicyclic) bond motifs is 1. The van der Waals surface area contributed by atoms with Gasteiger partial charge in [-0.25, -0.2) is 14.5 Å². The van der Waals surface area contributed by atoms with E-state index in [2.05, 4.69) is 68.1 Å². The number of carbonyl (C=O) groups excluding carboxylic acids is 1. The smallest absolute Gasteiger partial charge is 0.219 e. The summed E-state index contributed by atoms with van der Waals surface area (Å²) in [6.07, 6.45) is 4.26. The summed E-state index contributed by atoms with van der Waals surface area (Å²) in [4.78, 5) is 23.1. The number of hydrogen-bond donors (Lipinski definition) is 0. The number of anilines is 2. The van der Waals surface area contributed by atoms with E-state index in [1.165, 1.54) is 5.56 Å². The Morgan fingerprint density at radius 2 is 1.69 bits per heavy atom. The largest absolute Gasteiger partial charge is 0.278 e. The minimum absolute atomic E-state index is 0.0327. The van der Waals surface area contributed by atoms with Crippen molar-refractivity contribution in [1.29, 1.82) is 0 Å². The number of amides is 1. The third-order valence-corrected chi connectivity index (χ3v) is 6.07. The van der Waals surface area contributed by atoms with Crippen LogP contribution in [0.5, 0.6) is 0 Å². The second-order valence-corrected chi connectivity index (χ2v) is 9.65. The number of aryl methyl sites for hydroxylation is 1. The van der Waals surface area contributed by atoms with Gasteiger partial charge in [0.1, 0.15) is 11.5 Å². The Morgan fingerprint density at radius 3 is 2.40 bits per heavy atom. The molecule has 0 saturated carbocycles. The molecule has 0 spiro atoms. The van der Waals surface area contributed by atoms with E-state index in [-0.39, 0.29) is 5.41 Å². The van der Waals surface area contributed by atoms with Crippen LogP contribution in [0.15, 0.2) is 85.2 Å². The number of imidazole rings is 1. The Bertz CT molecular complexity index is 1510. The van der Waals surface area contributed by atoms with E-state index in [4.69, 9.17) is 4.98 Å². The Balaban J connectivity index is 1.63. The molecule has 0 radical (unpaired) electrons. The molecular weight excluding hydrogens is 434 g/mol. The molecular formula is C29H27N5O. The molecule has 5 aromatic rings. The molecule has 0 saturated heterocycles.